The second-order valence-electron chi connectivity index (χ2n) is 6.88. The second-order valence-corrected chi connectivity index (χ2v) is 7.31. The first-order valence-corrected chi connectivity index (χ1v) is 10.3. The van der Waals surface area contributed by atoms with Gasteiger partial charge in [-0.15, -0.1) is 0 Å². The summed E-state index contributed by atoms with van der Waals surface area (Å²) < 4.78 is 5.76. The number of carbonyl (C=O) groups is 2. The van der Waals surface area contributed by atoms with Gasteiger partial charge in [0.1, 0.15) is 11.6 Å². The lowest BCUT2D eigenvalue weighted by molar-refractivity contribution is -0.122. The molecule has 0 bridgehead atoms. The molecular weight excluding hydrogens is 420 g/mol. The van der Waals surface area contributed by atoms with Gasteiger partial charge in [-0.2, -0.15) is 0 Å². The molecule has 0 radical (unpaired) electrons. The fraction of sp³-hybridized carbons (Fsp3) is 0.333. The van der Waals surface area contributed by atoms with Crippen LogP contribution in [-0.2, 0) is 4.79 Å². The number of carbonyl (C=O) groups excluding carboxylic acids is 2. The quantitative estimate of drug-likeness (QED) is 0.369. The molecule has 0 saturated carbocycles. The van der Waals surface area contributed by atoms with E-state index in [-0.39, 0.29) is 11.9 Å². The van der Waals surface area contributed by atoms with Crippen molar-refractivity contribution in [2.75, 3.05) is 30.3 Å². The lowest BCUT2D eigenvalue weighted by atomic mass is 10.2. The molecule has 1 atom stereocenters. The summed E-state index contributed by atoms with van der Waals surface area (Å²) in [6, 6.07) is 7.40. The number of ether oxygens (including phenoxy) is 1. The van der Waals surface area contributed by atoms with Crippen molar-refractivity contribution in [3.63, 3.8) is 0 Å². The molecule has 1 aromatic heterocycles. The summed E-state index contributed by atoms with van der Waals surface area (Å²) in [5.74, 6) is 0.780. The molecular formula is C21H23ClN6O3. The maximum Gasteiger partial charge on any atom is 0.324 e. The zero-order valence-electron chi connectivity index (χ0n) is 16.8. The number of aromatic nitrogens is 1. The van der Waals surface area contributed by atoms with E-state index < -0.39 is 6.03 Å². The number of anilines is 2. The van der Waals surface area contributed by atoms with Gasteiger partial charge in [0.25, 0.3) is 0 Å². The number of pyridine rings is 1. The van der Waals surface area contributed by atoms with Crippen LogP contribution in [0.2, 0.25) is 5.02 Å². The van der Waals surface area contributed by atoms with Gasteiger partial charge in [-0.25, -0.2) is 9.64 Å². The highest BCUT2D eigenvalue weighted by Gasteiger charge is 2.21. The predicted molar refractivity (Wildman–Crippen MR) is 119 cm³/mol. The van der Waals surface area contributed by atoms with Crippen LogP contribution in [0.5, 0.6) is 5.75 Å². The van der Waals surface area contributed by atoms with E-state index in [1.165, 1.54) is 12.3 Å². The largest absolute Gasteiger partial charge is 0.491 e. The van der Waals surface area contributed by atoms with Gasteiger partial charge in [0.2, 0.25) is 11.6 Å². The third-order valence-electron chi connectivity index (χ3n) is 4.56. The molecule has 0 aliphatic carbocycles. The summed E-state index contributed by atoms with van der Waals surface area (Å²) in [7, 11) is 0. The molecule has 1 aliphatic heterocycles. The Morgan fingerprint density at radius 1 is 1.29 bits per heavy atom. The van der Waals surface area contributed by atoms with Crippen molar-refractivity contribution in [3.8, 4) is 5.75 Å². The van der Waals surface area contributed by atoms with Gasteiger partial charge in [0.15, 0.2) is 0 Å². The first kappa shape index (κ1) is 22.3. The Labute approximate surface area is 185 Å². The fourth-order valence-electron chi connectivity index (χ4n) is 3.02. The van der Waals surface area contributed by atoms with E-state index >= 15 is 0 Å². The van der Waals surface area contributed by atoms with Gasteiger partial charge in [-0.1, -0.05) is 17.7 Å². The topological polar surface area (TPSA) is 109 Å². The van der Waals surface area contributed by atoms with Crippen LogP contribution in [0.4, 0.5) is 22.0 Å². The van der Waals surface area contributed by atoms with E-state index in [1.54, 1.807) is 24.3 Å². The minimum absolute atomic E-state index is 0.0149. The molecule has 2 aromatic rings. The van der Waals surface area contributed by atoms with E-state index in [0.717, 1.165) is 19.4 Å². The highest BCUT2D eigenvalue weighted by atomic mass is 35.5. The third-order valence-corrected chi connectivity index (χ3v) is 4.80. The Bertz CT molecular complexity index is 955. The lowest BCUT2D eigenvalue weighted by Crippen LogP contribution is -2.40. The van der Waals surface area contributed by atoms with E-state index in [1.807, 2.05) is 0 Å². The van der Waals surface area contributed by atoms with Crippen molar-refractivity contribution in [3.05, 3.63) is 53.0 Å². The van der Waals surface area contributed by atoms with Gasteiger partial charge in [0, 0.05) is 17.8 Å². The summed E-state index contributed by atoms with van der Waals surface area (Å²) in [6.07, 6.45) is 3.87. The number of hydrogen-bond donors (Lipinski definition) is 4. The third kappa shape index (κ3) is 6.84. The Balaban J connectivity index is 1.48. The lowest BCUT2D eigenvalue weighted by Gasteiger charge is -2.14. The highest BCUT2D eigenvalue weighted by Crippen LogP contribution is 2.28. The maximum atomic E-state index is 12.3. The zero-order chi connectivity index (χ0) is 22.1. The van der Waals surface area contributed by atoms with Crippen LogP contribution in [-0.4, -0.2) is 42.7 Å². The van der Waals surface area contributed by atoms with E-state index in [4.69, 9.17) is 22.9 Å². The van der Waals surface area contributed by atoms with Crippen molar-refractivity contribution < 1.29 is 14.3 Å². The number of amides is 3. The Hall–Kier alpha value is -3.35. The molecule has 4 N–H and O–H groups in total. The number of rotatable bonds is 8. The van der Waals surface area contributed by atoms with Crippen LogP contribution in [0.1, 0.15) is 19.3 Å². The molecule has 10 heteroatoms. The molecule has 1 aromatic carbocycles. The molecule has 1 fully saturated rings. The summed E-state index contributed by atoms with van der Waals surface area (Å²) in [5, 5.41) is 11.8. The molecule has 2 heterocycles. The number of nitrogens with one attached hydrogen (secondary N) is 4. The van der Waals surface area contributed by atoms with Crippen molar-refractivity contribution >= 4 is 40.7 Å². The van der Waals surface area contributed by atoms with Crippen molar-refractivity contribution in [2.24, 2.45) is 0 Å². The van der Waals surface area contributed by atoms with Crippen LogP contribution < -0.4 is 26.0 Å². The zero-order valence-corrected chi connectivity index (χ0v) is 17.5. The number of urea groups is 1. The molecule has 0 spiro atoms. The SMILES string of the molecule is [C-]#[N+]c1ccc(NC(=O)Nc2cc(Cl)ccc2OCCCNC(=O)C2CCCN2)nc1. The summed E-state index contributed by atoms with van der Waals surface area (Å²) in [4.78, 5) is 31.5. The van der Waals surface area contributed by atoms with Gasteiger partial charge in [-0.3, -0.25) is 15.1 Å². The number of benzene rings is 1. The second kappa shape index (κ2) is 11.2. The van der Waals surface area contributed by atoms with Gasteiger partial charge in [-0.05, 0) is 50.1 Å². The first-order valence-electron chi connectivity index (χ1n) is 9.90. The van der Waals surface area contributed by atoms with E-state index in [9.17, 15) is 9.59 Å². The number of halogens is 1. The maximum absolute atomic E-state index is 12.3. The molecule has 1 unspecified atom stereocenters. The van der Waals surface area contributed by atoms with E-state index in [0.29, 0.717) is 47.5 Å². The van der Waals surface area contributed by atoms with Crippen molar-refractivity contribution in [1.29, 1.82) is 0 Å². The molecule has 3 rings (SSSR count). The van der Waals surface area contributed by atoms with Crippen LogP contribution in [0.15, 0.2) is 36.5 Å². The van der Waals surface area contributed by atoms with Crippen LogP contribution in [0.3, 0.4) is 0 Å². The van der Waals surface area contributed by atoms with E-state index in [2.05, 4.69) is 31.1 Å². The van der Waals surface area contributed by atoms with Gasteiger partial charge >= 0.3 is 6.03 Å². The predicted octanol–water partition coefficient (Wildman–Crippen LogP) is 3.57. The Morgan fingerprint density at radius 3 is 2.87 bits per heavy atom. The smallest absolute Gasteiger partial charge is 0.324 e. The van der Waals surface area contributed by atoms with Crippen molar-refractivity contribution in [2.45, 2.75) is 25.3 Å². The number of hydrogen-bond acceptors (Lipinski definition) is 5. The van der Waals surface area contributed by atoms with Gasteiger partial charge in [0.05, 0.1) is 24.9 Å². The molecule has 3 amide bonds. The average molecular weight is 443 g/mol. The molecule has 31 heavy (non-hydrogen) atoms. The summed E-state index contributed by atoms with van der Waals surface area (Å²) in [6.45, 7) is 8.66. The standard InChI is InChI=1S/C21H23ClN6O3/c1-23-15-6-8-19(26-13-15)28-21(30)27-17-12-14(22)5-7-18(17)31-11-3-10-25-20(29)16-4-2-9-24-16/h5-8,12-13,16,24H,2-4,9-11H2,(H,25,29)(H2,26,27,28,30). The molecule has 9 nitrogen and oxygen atoms in total. The minimum atomic E-state index is -0.522. The molecule has 1 saturated heterocycles. The average Bonchev–Trinajstić information content (AvgIpc) is 3.30. The monoisotopic (exact) mass is 442 g/mol. The van der Waals surface area contributed by atoms with Gasteiger partial charge < -0.3 is 20.7 Å². The van der Waals surface area contributed by atoms with Crippen LogP contribution >= 0.6 is 11.6 Å². The number of nitrogens with zero attached hydrogens (tertiary/aromatic N) is 2. The highest BCUT2D eigenvalue weighted by molar-refractivity contribution is 6.31. The first-order chi connectivity index (χ1) is 15.0. The molecule has 1 aliphatic rings. The Kier molecular flexibility index (Phi) is 8.04. The van der Waals surface area contributed by atoms with Crippen LogP contribution in [0, 0.1) is 6.57 Å². The fourth-order valence-corrected chi connectivity index (χ4v) is 3.19. The Morgan fingerprint density at radius 2 is 2.16 bits per heavy atom. The normalized spacial score (nSPS) is 15.0. The molecule has 162 valence electrons. The van der Waals surface area contributed by atoms with Crippen molar-refractivity contribution in [1.82, 2.24) is 15.6 Å². The summed E-state index contributed by atoms with van der Waals surface area (Å²) in [5.41, 5.74) is 0.786. The summed E-state index contributed by atoms with van der Waals surface area (Å²) >= 11 is 6.05. The van der Waals surface area contributed by atoms with Crippen LogP contribution in [0.25, 0.3) is 4.85 Å². The minimum Gasteiger partial charge on any atom is -0.491 e.